The molecule has 1 fully saturated rings. The zero-order chi connectivity index (χ0) is 12.7. The smallest absolute Gasteiger partial charge is 0.328 e. The van der Waals surface area contributed by atoms with Gasteiger partial charge in [-0.05, 0) is 25.7 Å². The van der Waals surface area contributed by atoms with Crippen LogP contribution in [-0.2, 0) is 14.3 Å². The molecule has 0 saturated carbocycles. The van der Waals surface area contributed by atoms with Gasteiger partial charge in [-0.25, -0.2) is 4.79 Å². The van der Waals surface area contributed by atoms with Crippen molar-refractivity contribution in [3.8, 4) is 0 Å². The molecule has 0 aromatic carbocycles. The molecule has 17 heavy (non-hydrogen) atoms. The van der Waals surface area contributed by atoms with Crippen molar-refractivity contribution < 1.29 is 24.5 Å². The van der Waals surface area contributed by atoms with Crippen molar-refractivity contribution in [3.05, 3.63) is 0 Å². The number of carboxylic acids is 1. The van der Waals surface area contributed by atoms with E-state index in [0.29, 0.717) is 6.42 Å². The van der Waals surface area contributed by atoms with Crippen LogP contribution in [0.4, 0.5) is 0 Å². The molecule has 1 rings (SSSR count). The van der Waals surface area contributed by atoms with Gasteiger partial charge in [0.1, 0.15) is 6.04 Å². The van der Waals surface area contributed by atoms with Gasteiger partial charge in [0.05, 0.1) is 12.7 Å². The molecule has 1 heterocycles. The summed E-state index contributed by atoms with van der Waals surface area (Å²) in [5.74, 6) is -1.59. The number of aliphatic carboxylic acids is 1. The number of carbonyl (C=O) groups is 2. The second-order valence-corrected chi connectivity index (χ2v) is 4.17. The van der Waals surface area contributed by atoms with Gasteiger partial charge in [0.25, 0.3) is 0 Å². The summed E-state index contributed by atoms with van der Waals surface area (Å²) < 4.78 is 5.46. The lowest BCUT2D eigenvalue weighted by molar-refractivity contribution is -0.143. The third kappa shape index (κ3) is 5.14. The van der Waals surface area contributed by atoms with Gasteiger partial charge in [0.2, 0.25) is 5.91 Å². The first-order valence-electron chi connectivity index (χ1n) is 5.88. The molecule has 0 spiro atoms. The van der Waals surface area contributed by atoms with Gasteiger partial charge in [0.15, 0.2) is 0 Å². The summed E-state index contributed by atoms with van der Waals surface area (Å²) in [7, 11) is 0. The monoisotopic (exact) mass is 245 g/mol. The Morgan fingerprint density at radius 3 is 2.71 bits per heavy atom. The van der Waals surface area contributed by atoms with E-state index in [1.807, 2.05) is 0 Å². The van der Waals surface area contributed by atoms with Gasteiger partial charge in [0, 0.05) is 13.0 Å². The standard InChI is InChI=1S/C11H19NO5/c13-7-9(11(15)16)12-10(14)5-4-8-3-1-2-6-17-8/h8-9,13H,1-7H2,(H,12,14)(H,15,16)/t8?,9-/m0/s1. The van der Waals surface area contributed by atoms with Gasteiger partial charge < -0.3 is 20.3 Å². The highest BCUT2D eigenvalue weighted by molar-refractivity contribution is 5.83. The van der Waals surface area contributed by atoms with Crippen LogP contribution in [0.15, 0.2) is 0 Å². The summed E-state index contributed by atoms with van der Waals surface area (Å²) in [5.41, 5.74) is 0. The maximum atomic E-state index is 11.4. The van der Waals surface area contributed by atoms with E-state index in [-0.39, 0.29) is 18.4 Å². The minimum absolute atomic E-state index is 0.104. The molecule has 1 amide bonds. The maximum Gasteiger partial charge on any atom is 0.328 e. The molecule has 6 nitrogen and oxygen atoms in total. The fourth-order valence-electron chi connectivity index (χ4n) is 1.78. The summed E-state index contributed by atoms with van der Waals surface area (Å²) in [6.45, 7) is 0.141. The molecular weight excluding hydrogens is 226 g/mol. The quantitative estimate of drug-likeness (QED) is 0.607. The van der Waals surface area contributed by atoms with E-state index in [9.17, 15) is 9.59 Å². The van der Waals surface area contributed by atoms with E-state index in [0.717, 1.165) is 25.9 Å². The van der Waals surface area contributed by atoms with Crippen LogP contribution in [0.2, 0.25) is 0 Å². The fraction of sp³-hybridized carbons (Fsp3) is 0.818. The van der Waals surface area contributed by atoms with Crippen LogP contribution in [0.5, 0.6) is 0 Å². The SMILES string of the molecule is O=C(CCC1CCCCO1)N[C@@H](CO)C(=O)O. The molecule has 1 unspecified atom stereocenters. The largest absolute Gasteiger partial charge is 0.480 e. The molecule has 0 aliphatic carbocycles. The molecule has 98 valence electrons. The first-order chi connectivity index (χ1) is 8.13. The van der Waals surface area contributed by atoms with Crippen molar-refractivity contribution in [2.45, 2.75) is 44.2 Å². The number of rotatable bonds is 6. The molecular formula is C11H19NO5. The summed E-state index contributed by atoms with van der Waals surface area (Å²) in [6, 6.07) is -1.21. The van der Waals surface area contributed by atoms with Crippen LogP contribution in [0.1, 0.15) is 32.1 Å². The van der Waals surface area contributed by atoms with E-state index in [1.165, 1.54) is 0 Å². The Morgan fingerprint density at radius 2 is 2.18 bits per heavy atom. The number of hydrogen-bond acceptors (Lipinski definition) is 4. The fourth-order valence-corrected chi connectivity index (χ4v) is 1.78. The predicted molar refractivity (Wildman–Crippen MR) is 59.5 cm³/mol. The number of aliphatic hydroxyl groups is 1. The van der Waals surface area contributed by atoms with Crippen molar-refractivity contribution in [2.75, 3.05) is 13.2 Å². The number of hydrogen-bond donors (Lipinski definition) is 3. The zero-order valence-electron chi connectivity index (χ0n) is 9.72. The van der Waals surface area contributed by atoms with E-state index in [2.05, 4.69) is 5.32 Å². The normalized spacial score (nSPS) is 21.8. The molecule has 0 aromatic heterocycles. The van der Waals surface area contributed by atoms with Crippen molar-refractivity contribution in [1.29, 1.82) is 0 Å². The van der Waals surface area contributed by atoms with Gasteiger partial charge in [-0.15, -0.1) is 0 Å². The van der Waals surface area contributed by atoms with Crippen LogP contribution < -0.4 is 5.32 Å². The number of aliphatic hydroxyl groups excluding tert-OH is 1. The minimum atomic E-state index is -1.23. The number of carbonyl (C=O) groups excluding carboxylic acids is 1. The molecule has 0 bridgehead atoms. The molecule has 1 saturated heterocycles. The second-order valence-electron chi connectivity index (χ2n) is 4.17. The van der Waals surface area contributed by atoms with Gasteiger partial charge >= 0.3 is 5.97 Å². The van der Waals surface area contributed by atoms with Crippen molar-refractivity contribution in [2.24, 2.45) is 0 Å². The lowest BCUT2D eigenvalue weighted by Crippen LogP contribution is -2.43. The van der Waals surface area contributed by atoms with Crippen LogP contribution in [0.3, 0.4) is 0 Å². The van der Waals surface area contributed by atoms with Gasteiger partial charge in [-0.2, -0.15) is 0 Å². The van der Waals surface area contributed by atoms with Crippen LogP contribution >= 0.6 is 0 Å². The number of nitrogens with one attached hydrogen (secondary N) is 1. The Bertz CT molecular complexity index is 263. The summed E-state index contributed by atoms with van der Waals surface area (Å²) >= 11 is 0. The highest BCUT2D eigenvalue weighted by atomic mass is 16.5. The zero-order valence-corrected chi connectivity index (χ0v) is 9.72. The Balaban J connectivity index is 2.21. The van der Waals surface area contributed by atoms with E-state index >= 15 is 0 Å². The lowest BCUT2D eigenvalue weighted by Gasteiger charge is -2.22. The summed E-state index contributed by atoms with van der Waals surface area (Å²) in [4.78, 5) is 22.0. The lowest BCUT2D eigenvalue weighted by atomic mass is 10.0. The van der Waals surface area contributed by atoms with Gasteiger partial charge in [-0.1, -0.05) is 0 Å². The highest BCUT2D eigenvalue weighted by Crippen LogP contribution is 2.16. The topological polar surface area (TPSA) is 95.9 Å². The Morgan fingerprint density at radius 1 is 1.41 bits per heavy atom. The third-order valence-corrected chi connectivity index (χ3v) is 2.78. The summed E-state index contributed by atoms with van der Waals surface area (Å²) in [5, 5.41) is 19.6. The number of carboxylic acid groups (broad SMARTS) is 1. The average Bonchev–Trinajstić information content (AvgIpc) is 2.34. The molecule has 6 heteroatoms. The number of amides is 1. The Kier molecular flexibility index (Phi) is 5.93. The van der Waals surface area contributed by atoms with Crippen LogP contribution in [0.25, 0.3) is 0 Å². The summed E-state index contributed by atoms with van der Waals surface area (Å²) in [6.07, 6.45) is 4.06. The second kappa shape index (κ2) is 7.24. The van der Waals surface area contributed by atoms with E-state index in [1.54, 1.807) is 0 Å². The Labute approximate surface area is 100.0 Å². The first kappa shape index (κ1) is 13.9. The van der Waals surface area contributed by atoms with Crippen molar-refractivity contribution in [3.63, 3.8) is 0 Å². The molecule has 0 aromatic rings. The molecule has 3 N–H and O–H groups in total. The van der Waals surface area contributed by atoms with Crippen LogP contribution in [0, 0.1) is 0 Å². The van der Waals surface area contributed by atoms with E-state index in [4.69, 9.17) is 14.9 Å². The predicted octanol–water partition coefficient (Wildman–Crippen LogP) is -0.103. The van der Waals surface area contributed by atoms with Crippen LogP contribution in [-0.4, -0.2) is 47.4 Å². The number of ether oxygens (including phenoxy) is 1. The molecule has 1 aliphatic heterocycles. The molecule has 1 aliphatic rings. The van der Waals surface area contributed by atoms with Gasteiger partial charge in [-0.3, -0.25) is 4.79 Å². The minimum Gasteiger partial charge on any atom is -0.480 e. The first-order valence-corrected chi connectivity index (χ1v) is 5.88. The highest BCUT2D eigenvalue weighted by Gasteiger charge is 2.20. The van der Waals surface area contributed by atoms with E-state index < -0.39 is 18.6 Å². The van der Waals surface area contributed by atoms with Crippen molar-refractivity contribution in [1.82, 2.24) is 5.32 Å². The van der Waals surface area contributed by atoms with Crippen molar-refractivity contribution >= 4 is 11.9 Å². The Hall–Kier alpha value is -1.14. The maximum absolute atomic E-state index is 11.4. The third-order valence-electron chi connectivity index (χ3n) is 2.78. The molecule has 2 atom stereocenters. The average molecular weight is 245 g/mol. The molecule has 0 radical (unpaired) electrons.